The van der Waals surface area contributed by atoms with E-state index in [0.29, 0.717) is 6.04 Å². The summed E-state index contributed by atoms with van der Waals surface area (Å²) in [6.45, 7) is 16.2. The molecular weight excluding hydrogens is 202 g/mol. The highest BCUT2D eigenvalue weighted by atomic mass is 32.1. The van der Waals surface area contributed by atoms with Crippen LogP contribution in [0.5, 0.6) is 0 Å². The molecule has 0 saturated carbocycles. The highest BCUT2D eigenvalue weighted by Crippen LogP contribution is 2.16. The zero-order valence-electron chi connectivity index (χ0n) is 11.3. The van der Waals surface area contributed by atoms with Crippen molar-refractivity contribution in [1.29, 1.82) is 0 Å². The van der Waals surface area contributed by atoms with Crippen molar-refractivity contribution in [1.82, 2.24) is 4.90 Å². The maximum Gasteiger partial charge on any atom is 0.00388 e. The van der Waals surface area contributed by atoms with Gasteiger partial charge in [-0.25, -0.2) is 0 Å². The van der Waals surface area contributed by atoms with Crippen molar-refractivity contribution in [3.63, 3.8) is 0 Å². The van der Waals surface area contributed by atoms with E-state index in [4.69, 9.17) is 0 Å². The van der Waals surface area contributed by atoms with Gasteiger partial charge in [0.25, 0.3) is 0 Å². The van der Waals surface area contributed by atoms with E-state index in [1.807, 2.05) is 0 Å². The molecule has 1 unspecified atom stereocenters. The van der Waals surface area contributed by atoms with E-state index in [1.165, 1.54) is 13.1 Å². The van der Waals surface area contributed by atoms with Crippen LogP contribution in [0.25, 0.3) is 0 Å². The maximum absolute atomic E-state index is 4.46. The average Bonchev–Trinajstić information content (AvgIpc) is 2.10. The molecule has 2 heteroatoms. The van der Waals surface area contributed by atoms with E-state index in [-0.39, 0.29) is 0 Å². The first-order valence-corrected chi connectivity index (χ1v) is 6.86. The van der Waals surface area contributed by atoms with Crippen LogP contribution in [0.4, 0.5) is 0 Å². The summed E-state index contributed by atoms with van der Waals surface area (Å²) in [7, 11) is 0. The number of rotatable bonds is 7. The third-order valence-electron chi connectivity index (χ3n) is 2.98. The fraction of sp³-hybridized carbons (Fsp3) is 1.00. The molecule has 92 valence electrons. The van der Waals surface area contributed by atoms with Crippen molar-refractivity contribution in [2.75, 3.05) is 18.8 Å². The lowest BCUT2D eigenvalue weighted by Crippen LogP contribution is -2.39. The van der Waals surface area contributed by atoms with Crippen LogP contribution in [0.2, 0.25) is 0 Å². The number of thiol groups is 1. The highest BCUT2D eigenvalue weighted by Gasteiger charge is 2.18. The first kappa shape index (κ1) is 15.3. The Balaban J connectivity index is 4.25. The van der Waals surface area contributed by atoms with Crippen molar-refractivity contribution in [2.24, 2.45) is 17.8 Å². The Bertz CT molecular complexity index is 155. The minimum absolute atomic E-state index is 0.647. The smallest absolute Gasteiger partial charge is 0.00388 e. The number of hydrogen-bond donors (Lipinski definition) is 1. The molecule has 1 nitrogen and oxygen atoms in total. The Morgan fingerprint density at radius 1 is 0.933 bits per heavy atom. The van der Waals surface area contributed by atoms with Gasteiger partial charge in [0, 0.05) is 19.1 Å². The first-order chi connectivity index (χ1) is 6.88. The van der Waals surface area contributed by atoms with Crippen molar-refractivity contribution >= 4 is 12.6 Å². The largest absolute Gasteiger partial charge is 0.300 e. The molecule has 0 heterocycles. The SMILES string of the molecule is CC(C)CN(CC(CS)C(C)C)C(C)C. The second-order valence-electron chi connectivity index (χ2n) is 5.63. The molecule has 1 atom stereocenters. The molecule has 0 N–H and O–H groups in total. The summed E-state index contributed by atoms with van der Waals surface area (Å²) in [5, 5.41) is 0. The van der Waals surface area contributed by atoms with Crippen LogP contribution < -0.4 is 0 Å². The molecule has 0 aromatic carbocycles. The van der Waals surface area contributed by atoms with Crippen LogP contribution in [0, 0.1) is 17.8 Å². The Labute approximate surface area is 102 Å². The summed E-state index contributed by atoms with van der Waals surface area (Å²) < 4.78 is 0. The Kier molecular flexibility index (Phi) is 7.72. The van der Waals surface area contributed by atoms with Crippen molar-refractivity contribution in [2.45, 2.75) is 47.6 Å². The lowest BCUT2D eigenvalue weighted by Gasteiger charge is -2.33. The highest BCUT2D eigenvalue weighted by molar-refractivity contribution is 7.80. The second-order valence-corrected chi connectivity index (χ2v) is 5.99. The van der Waals surface area contributed by atoms with E-state index in [0.717, 1.165) is 23.5 Å². The zero-order valence-corrected chi connectivity index (χ0v) is 12.2. The second kappa shape index (κ2) is 7.56. The molecule has 0 rings (SSSR count). The van der Waals surface area contributed by atoms with Crippen LogP contribution >= 0.6 is 12.6 Å². The average molecular weight is 231 g/mol. The van der Waals surface area contributed by atoms with Gasteiger partial charge in [0.2, 0.25) is 0 Å². The van der Waals surface area contributed by atoms with Gasteiger partial charge in [-0.05, 0) is 37.4 Å². The summed E-state index contributed by atoms with van der Waals surface area (Å²) >= 11 is 4.46. The Morgan fingerprint density at radius 3 is 1.73 bits per heavy atom. The molecule has 0 bridgehead atoms. The van der Waals surface area contributed by atoms with Crippen molar-refractivity contribution in [3.05, 3.63) is 0 Å². The minimum atomic E-state index is 0.647. The first-order valence-electron chi connectivity index (χ1n) is 6.23. The number of hydrogen-bond acceptors (Lipinski definition) is 2. The van der Waals surface area contributed by atoms with E-state index < -0.39 is 0 Å². The lowest BCUT2D eigenvalue weighted by molar-refractivity contribution is 0.157. The van der Waals surface area contributed by atoms with E-state index in [2.05, 4.69) is 59.1 Å². The molecule has 0 aliphatic rings. The summed E-state index contributed by atoms with van der Waals surface area (Å²) in [4.78, 5) is 2.59. The third kappa shape index (κ3) is 6.47. The molecule has 0 saturated heterocycles. The topological polar surface area (TPSA) is 3.24 Å². The standard InChI is InChI=1S/C13H29NS/c1-10(2)7-14(12(5)6)8-13(9-15)11(3)4/h10-13,15H,7-9H2,1-6H3. The lowest BCUT2D eigenvalue weighted by atomic mass is 9.96. The molecule has 0 spiro atoms. The maximum atomic E-state index is 4.46. The molecule has 0 amide bonds. The van der Waals surface area contributed by atoms with Gasteiger partial charge in [-0.2, -0.15) is 12.6 Å². The zero-order chi connectivity index (χ0) is 12.0. The van der Waals surface area contributed by atoms with Crippen molar-refractivity contribution < 1.29 is 0 Å². The van der Waals surface area contributed by atoms with Gasteiger partial charge in [0.05, 0.1) is 0 Å². The Hall–Kier alpha value is 0.310. The van der Waals surface area contributed by atoms with Gasteiger partial charge < -0.3 is 4.90 Å². The minimum Gasteiger partial charge on any atom is -0.300 e. The van der Waals surface area contributed by atoms with Gasteiger partial charge in [0.1, 0.15) is 0 Å². The molecule has 0 fully saturated rings. The van der Waals surface area contributed by atoms with Gasteiger partial charge in [-0.1, -0.05) is 27.7 Å². The van der Waals surface area contributed by atoms with Crippen LogP contribution in [0.1, 0.15) is 41.5 Å². The summed E-state index contributed by atoms with van der Waals surface area (Å²) in [6, 6.07) is 0.647. The number of nitrogens with zero attached hydrogens (tertiary/aromatic N) is 1. The van der Waals surface area contributed by atoms with Crippen LogP contribution in [0.15, 0.2) is 0 Å². The summed E-state index contributed by atoms with van der Waals surface area (Å²) in [6.07, 6.45) is 0. The van der Waals surface area contributed by atoms with Gasteiger partial charge in [0.15, 0.2) is 0 Å². The fourth-order valence-corrected chi connectivity index (χ4v) is 2.28. The molecule has 0 aliphatic heterocycles. The molecule has 0 aliphatic carbocycles. The molecule has 15 heavy (non-hydrogen) atoms. The van der Waals surface area contributed by atoms with Crippen molar-refractivity contribution in [3.8, 4) is 0 Å². The van der Waals surface area contributed by atoms with E-state index >= 15 is 0 Å². The molecule has 0 aromatic rings. The van der Waals surface area contributed by atoms with Gasteiger partial charge in [-0.15, -0.1) is 0 Å². The van der Waals surface area contributed by atoms with Gasteiger partial charge >= 0.3 is 0 Å². The van der Waals surface area contributed by atoms with Crippen LogP contribution in [-0.2, 0) is 0 Å². The predicted octanol–water partition coefficient (Wildman–Crippen LogP) is 3.55. The van der Waals surface area contributed by atoms with E-state index in [9.17, 15) is 0 Å². The summed E-state index contributed by atoms with van der Waals surface area (Å²) in [5.74, 6) is 3.20. The van der Waals surface area contributed by atoms with Crippen LogP contribution in [-0.4, -0.2) is 29.8 Å². The molecule has 0 radical (unpaired) electrons. The fourth-order valence-electron chi connectivity index (χ4n) is 1.75. The quantitative estimate of drug-likeness (QED) is 0.656. The molecule has 0 aromatic heterocycles. The third-order valence-corrected chi connectivity index (χ3v) is 3.45. The van der Waals surface area contributed by atoms with Crippen LogP contribution in [0.3, 0.4) is 0 Å². The van der Waals surface area contributed by atoms with Gasteiger partial charge in [-0.3, -0.25) is 0 Å². The Morgan fingerprint density at radius 2 is 1.47 bits per heavy atom. The molecular formula is C13H29NS. The monoisotopic (exact) mass is 231 g/mol. The summed E-state index contributed by atoms with van der Waals surface area (Å²) in [5.41, 5.74) is 0. The normalized spacial score (nSPS) is 14.6. The predicted molar refractivity (Wildman–Crippen MR) is 73.7 cm³/mol. The van der Waals surface area contributed by atoms with E-state index in [1.54, 1.807) is 0 Å².